The summed E-state index contributed by atoms with van der Waals surface area (Å²) in [5.41, 5.74) is 1.11. The second-order valence-corrected chi connectivity index (χ2v) is 4.57. The van der Waals surface area contributed by atoms with Crippen LogP contribution in [0, 0.1) is 6.92 Å². The molecule has 0 saturated carbocycles. The normalized spacial score (nSPS) is 20.4. The Labute approximate surface area is 102 Å². The zero-order valence-corrected chi connectivity index (χ0v) is 10.7. The van der Waals surface area contributed by atoms with Crippen molar-refractivity contribution in [3.63, 3.8) is 0 Å². The molecule has 0 aromatic carbocycles. The lowest BCUT2D eigenvalue weighted by Crippen LogP contribution is -2.31. The quantitative estimate of drug-likeness (QED) is 0.760. The van der Waals surface area contributed by atoms with E-state index in [2.05, 4.69) is 27.9 Å². The molecular formula is C12H18ClN3. The van der Waals surface area contributed by atoms with Crippen LogP contribution in [0.3, 0.4) is 0 Å². The van der Waals surface area contributed by atoms with Gasteiger partial charge in [-0.25, -0.2) is 9.97 Å². The van der Waals surface area contributed by atoms with E-state index in [4.69, 9.17) is 11.6 Å². The van der Waals surface area contributed by atoms with Crippen LogP contribution in [0.4, 0.5) is 5.82 Å². The van der Waals surface area contributed by atoms with Gasteiger partial charge in [-0.05, 0) is 26.2 Å². The van der Waals surface area contributed by atoms with Crippen LogP contribution in [0.1, 0.15) is 31.3 Å². The Morgan fingerprint density at radius 2 is 2.31 bits per heavy atom. The Hall–Kier alpha value is -0.830. The van der Waals surface area contributed by atoms with Crippen molar-refractivity contribution in [1.82, 2.24) is 9.97 Å². The van der Waals surface area contributed by atoms with Crippen LogP contribution >= 0.6 is 11.6 Å². The molecule has 16 heavy (non-hydrogen) atoms. The molecule has 0 radical (unpaired) electrons. The zero-order valence-electron chi connectivity index (χ0n) is 9.91. The van der Waals surface area contributed by atoms with Crippen molar-refractivity contribution in [1.29, 1.82) is 0 Å². The van der Waals surface area contributed by atoms with Crippen LogP contribution in [-0.2, 0) is 6.42 Å². The maximum absolute atomic E-state index is 5.98. The number of aromatic nitrogens is 2. The van der Waals surface area contributed by atoms with Gasteiger partial charge in [-0.15, -0.1) is 11.6 Å². The molecule has 1 saturated heterocycles. The van der Waals surface area contributed by atoms with Gasteiger partial charge in [0.05, 0.1) is 0 Å². The Morgan fingerprint density at radius 1 is 1.50 bits per heavy atom. The summed E-state index contributed by atoms with van der Waals surface area (Å²) in [7, 11) is 0. The van der Waals surface area contributed by atoms with Crippen molar-refractivity contribution in [2.45, 2.75) is 39.2 Å². The van der Waals surface area contributed by atoms with Crippen molar-refractivity contribution in [2.75, 3.05) is 17.3 Å². The number of nitrogens with zero attached hydrogens (tertiary/aromatic N) is 3. The molecule has 2 heterocycles. The Morgan fingerprint density at radius 3 is 3.00 bits per heavy atom. The lowest BCUT2D eigenvalue weighted by atomic mass is 10.2. The number of aryl methyl sites for hydroxylation is 2. The van der Waals surface area contributed by atoms with Crippen LogP contribution in [0.25, 0.3) is 0 Å². The molecule has 1 atom stereocenters. The van der Waals surface area contributed by atoms with Crippen LogP contribution in [0.2, 0.25) is 0 Å². The fraction of sp³-hybridized carbons (Fsp3) is 0.667. The second-order valence-electron chi connectivity index (χ2n) is 4.26. The summed E-state index contributed by atoms with van der Waals surface area (Å²) in [5, 5.41) is 0. The highest BCUT2D eigenvalue weighted by atomic mass is 35.5. The minimum Gasteiger partial charge on any atom is -0.352 e. The van der Waals surface area contributed by atoms with Crippen LogP contribution < -0.4 is 4.90 Å². The third-order valence-corrected chi connectivity index (χ3v) is 3.45. The maximum atomic E-state index is 5.98. The van der Waals surface area contributed by atoms with E-state index < -0.39 is 0 Å². The van der Waals surface area contributed by atoms with Gasteiger partial charge in [0.25, 0.3) is 0 Å². The number of anilines is 1. The first kappa shape index (κ1) is 11.6. The molecule has 0 amide bonds. The highest BCUT2D eigenvalue weighted by Crippen LogP contribution is 2.25. The molecule has 0 bridgehead atoms. The largest absolute Gasteiger partial charge is 0.352 e. The molecule has 3 nitrogen and oxygen atoms in total. The minimum atomic E-state index is 0.445. The Balaban J connectivity index is 2.28. The van der Waals surface area contributed by atoms with Crippen LogP contribution in [-0.4, -0.2) is 28.4 Å². The van der Waals surface area contributed by atoms with Gasteiger partial charge in [0, 0.05) is 30.2 Å². The molecular weight excluding hydrogens is 222 g/mol. The average molecular weight is 240 g/mol. The zero-order chi connectivity index (χ0) is 11.5. The number of hydrogen-bond acceptors (Lipinski definition) is 3. The summed E-state index contributed by atoms with van der Waals surface area (Å²) in [4.78, 5) is 11.2. The van der Waals surface area contributed by atoms with Gasteiger partial charge in [0.15, 0.2) is 0 Å². The summed E-state index contributed by atoms with van der Waals surface area (Å²) < 4.78 is 0. The predicted octanol–water partition coefficient (Wildman–Crippen LogP) is 2.56. The summed E-state index contributed by atoms with van der Waals surface area (Å²) >= 11 is 5.98. The number of halogens is 1. The molecule has 4 heteroatoms. The van der Waals surface area contributed by atoms with Gasteiger partial charge in [-0.2, -0.15) is 0 Å². The first-order valence-electron chi connectivity index (χ1n) is 5.91. The third-order valence-electron chi connectivity index (χ3n) is 3.09. The van der Waals surface area contributed by atoms with Gasteiger partial charge in [0.1, 0.15) is 11.6 Å². The van der Waals surface area contributed by atoms with E-state index in [-0.39, 0.29) is 0 Å². The molecule has 0 N–H and O–H groups in total. The fourth-order valence-corrected chi connectivity index (χ4v) is 2.56. The molecule has 0 aliphatic carbocycles. The summed E-state index contributed by atoms with van der Waals surface area (Å²) in [6.07, 6.45) is 3.34. The van der Waals surface area contributed by atoms with Crippen LogP contribution in [0.15, 0.2) is 6.07 Å². The van der Waals surface area contributed by atoms with E-state index >= 15 is 0 Å². The van der Waals surface area contributed by atoms with Crippen molar-refractivity contribution >= 4 is 17.4 Å². The van der Waals surface area contributed by atoms with Crippen LogP contribution in [0.5, 0.6) is 0 Å². The first-order chi connectivity index (χ1) is 7.74. The number of hydrogen-bond donors (Lipinski definition) is 0. The highest BCUT2D eigenvalue weighted by molar-refractivity contribution is 6.18. The SMILES string of the molecule is CCc1cc(N2CCCC2CCl)nc(C)n1. The predicted molar refractivity (Wildman–Crippen MR) is 67.2 cm³/mol. The van der Waals surface area contributed by atoms with Gasteiger partial charge in [-0.3, -0.25) is 0 Å². The van der Waals surface area contributed by atoms with Crippen molar-refractivity contribution in [3.05, 3.63) is 17.6 Å². The van der Waals surface area contributed by atoms with Gasteiger partial charge < -0.3 is 4.90 Å². The smallest absolute Gasteiger partial charge is 0.132 e. The first-order valence-corrected chi connectivity index (χ1v) is 6.45. The lowest BCUT2D eigenvalue weighted by molar-refractivity contribution is 0.728. The summed E-state index contributed by atoms with van der Waals surface area (Å²) in [6.45, 7) is 5.14. The summed E-state index contributed by atoms with van der Waals surface area (Å²) in [5.74, 6) is 2.59. The lowest BCUT2D eigenvalue weighted by Gasteiger charge is -2.24. The Kier molecular flexibility index (Phi) is 3.64. The van der Waals surface area contributed by atoms with E-state index in [1.807, 2.05) is 6.92 Å². The fourth-order valence-electron chi connectivity index (χ4n) is 2.24. The second kappa shape index (κ2) is 5.00. The molecule has 2 rings (SSSR count). The average Bonchev–Trinajstić information content (AvgIpc) is 2.76. The molecule has 1 aliphatic heterocycles. The topological polar surface area (TPSA) is 29.0 Å². The summed E-state index contributed by atoms with van der Waals surface area (Å²) in [6, 6.07) is 2.54. The van der Waals surface area contributed by atoms with E-state index in [0.29, 0.717) is 11.9 Å². The molecule has 1 fully saturated rings. The van der Waals surface area contributed by atoms with Gasteiger partial charge in [-0.1, -0.05) is 6.92 Å². The number of alkyl halides is 1. The Bertz CT molecular complexity index is 367. The van der Waals surface area contributed by atoms with E-state index in [1.165, 1.54) is 12.8 Å². The molecule has 1 aromatic rings. The van der Waals surface area contributed by atoms with E-state index in [1.54, 1.807) is 0 Å². The van der Waals surface area contributed by atoms with E-state index in [9.17, 15) is 0 Å². The maximum Gasteiger partial charge on any atom is 0.132 e. The highest BCUT2D eigenvalue weighted by Gasteiger charge is 2.25. The molecule has 1 aliphatic rings. The third kappa shape index (κ3) is 2.29. The number of rotatable bonds is 3. The monoisotopic (exact) mass is 239 g/mol. The minimum absolute atomic E-state index is 0.445. The van der Waals surface area contributed by atoms with Crippen molar-refractivity contribution in [3.8, 4) is 0 Å². The van der Waals surface area contributed by atoms with Gasteiger partial charge in [0.2, 0.25) is 0 Å². The van der Waals surface area contributed by atoms with Gasteiger partial charge >= 0.3 is 0 Å². The van der Waals surface area contributed by atoms with Crippen molar-refractivity contribution < 1.29 is 0 Å². The van der Waals surface area contributed by atoms with Crippen molar-refractivity contribution in [2.24, 2.45) is 0 Å². The standard InChI is InChI=1S/C12H18ClN3/c1-3-10-7-12(15-9(2)14-10)16-6-4-5-11(16)8-13/h7,11H,3-6,8H2,1-2H3. The molecule has 0 spiro atoms. The van der Waals surface area contributed by atoms with E-state index in [0.717, 1.165) is 30.3 Å². The molecule has 88 valence electrons. The molecule has 1 unspecified atom stereocenters. The molecule has 1 aromatic heterocycles.